The van der Waals surface area contributed by atoms with Crippen molar-refractivity contribution in [2.75, 3.05) is 19.5 Å². The molecule has 1 heterocycles. The van der Waals surface area contributed by atoms with Crippen LogP contribution in [-0.2, 0) is 9.84 Å². The summed E-state index contributed by atoms with van der Waals surface area (Å²) in [6.07, 6.45) is 1.17. The number of sulfone groups is 1. The van der Waals surface area contributed by atoms with Gasteiger partial charge in [-0.1, -0.05) is 0 Å². The van der Waals surface area contributed by atoms with E-state index in [9.17, 15) is 8.42 Å². The van der Waals surface area contributed by atoms with Crippen LogP contribution in [0.4, 0.5) is 0 Å². The van der Waals surface area contributed by atoms with Crippen molar-refractivity contribution in [1.82, 2.24) is 0 Å². The summed E-state index contributed by atoms with van der Waals surface area (Å²) in [5, 5.41) is 0. The molecule has 1 aliphatic heterocycles. The van der Waals surface area contributed by atoms with Crippen molar-refractivity contribution in [3.8, 4) is 11.5 Å². The fraction of sp³-hybridized carbons (Fsp3) is 0.400. The first-order valence-corrected chi connectivity index (χ1v) is 6.48. The molecular weight excluding hydrogens is 216 g/mol. The molecule has 0 fully saturated rings. The first-order valence-electron chi connectivity index (χ1n) is 4.59. The Kier molecular flexibility index (Phi) is 2.34. The second-order valence-corrected chi connectivity index (χ2v) is 5.54. The Hall–Kier alpha value is -1.23. The van der Waals surface area contributed by atoms with Crippen LogP contribution in [0.2, 0.25) is 0 Å². The molecule has 82 valence electrons. The molecule has 0 saturated carbocycles. The van der Waals surface area contributed by atoms with Gasteiger partial charge in [-0.15, -0.1) is 0 Å². The molecular formula is C10H12O4S. The highest BCUT2D eigenvalue weighted by Crippen LogP contribution is 2.37. The van der Waals surface area contributed by atoms with Gasteiger partial charge in [-0.3, -0.25) is 0 Å². The smallest absolute Gasteiger partial charge is 0.179 e. The van der Waals surface area contributed by atoms with Gasteiger partial charge in [0.05, 0.1) is 0 Å². The molecule has 0 spiro atoms. The third kappa shape index (κ3) is 1.92. The molecule has 0 amide bonds. The number of aryl methyl sites for hydroxylation is 1. The molecule has 2 rings (SSSR count). The van der Waals surface area contributed by atoms with Gasteiger partial charge in [-0.25, -0.2) is 8.42 Å². The van der Waals surface area contributed by atoms with E-state index in [1.165, 1.54) is 6.26 Å². The zero-order valence-corrected chi connectivity index (χ0v) is 9.43. The first kappa shape index (κ1) is 10.3. The van der Waals surface area contributed by atoms with Crippen LogP contribution < -0.4 is 9.47 Å². The monoisotopic (exact) mass is 228 g/mol. The van der Waals surface area contributed by atoms with Crippen LogP contribution in [0.25, 0.3) is 0 Å². The van der Waals surface area contributed by atoms with Crippen LogP contribution in [0.5, 0.6) is 11.5 Å². The maximum atomic E-state index is 11.5. The largest absolute Gasteiger partial charge is 0.486 e. The normalized spacial score (nSPS) is 15.1. The summed E-state index contributed by atoms with van der Waals surface area (Å²) < 4.78 is 33.7. The van der Waals surface area contributed by atoms with Gasteiger partial charge in [-0.2, -0.15) is 0 Å². The first-order chi connectivity index (χ1) is 6.98. The predicted octanol–water partition coefficient (Wildman–Crippen LogP) is 1.17. The summed E-state index contributed by atoms with van der Waals surface area (Å²) in [6, 6.07) is 3.38. The average Bonchev–Trinajstić information content (AvgIpc) is 2.15. The summed E-state index contributed by atoms with van der Waals surface area (Å²) in [4.78, 5) is 0.206. The zero-order chi connectivity index (χ0) is 11.1. The highest BCUT2D eigenvalue weighted by molar-refractivity contribution is 7.90. The van der Waals surface area contributed by atoms with Gasteiger partial charge in [0, 0.05) is 6.26 Å². The van der Waals surface area contributed by atoms with Gasteiger partial charge in [0.1, 0.15) is 18.1 Å². The molecule has 1 aromatic rings. The topological polar surface area (TPSA) is 52.6 Å². The fourth-order valence-corrected chi connectivity index (χ4v) is 2.42. The molecule has 0 radical (unpaired) electrons. The van der Waals surface area contributed by atoms with Crippen molar-refractivity contribution in [2.45, 2.75) is 11.8 Å². The van der Waals surface area contributed by atoms with E-state index in [1.54, 1.807) is 12.1 Å². The minimum Gasteiger partial charge on any atom is -0.486 e. The van der Waals surface area contributed by atoms with Gasteiger partial charge in [-0.05, 0) is 24.6 Å². The summed E-state index contributed by atoms with van der Waals surface area (Å²) >= 11 is 0. The number of fused-ring (bicyclic) bond motifs is 1. The number of rotatable bonds is 1. The quantitative estimate of drug-likeness (QED) is 0.724. The molecule has 1 aromatic carbocycles. The average molecular weight is 228 g/mol. The Morgan fingerprint density at radius 3 is 2.53 bits per heavy atom. The number of ether oxygens (including phenoxy) is 2. The highest BCUT2D eigenvalue weighted by Gasteiger charge is 2.22. The van der Waals surface area contributed by atoms with Crippen molar-refractivity contribution in [3.05, 3.63) is 17.7 Å². The Bertz CT molecular complexity index is 490. The predicted molar refractivity (Wildman–Crippen MR) is 55.3 cm³/mol. The van der Waals surface area contributed by atoms with E-state index in [0.717, 1.165) is 5.56 Å². The van der Waals surface area contributed by atoms with E-state index in [1.807, 2.05) is 6.92 Å². The zero-order valence-electron chi connectivity index (χ0n) is 8.61. The van der Waals surface area contributed by atoms with Crippen LogP contribution in [0.3, 0.4) is 0 Å². The standard InChI is InChI=1S/C10H12O4S/c1-7-5-8-10(14-4-3-13-8)9(6-7)15(2,11)12/h5-6H,3-4H2,1-2H3. The molecule has 4 nitrogen and oxygen atoms in total. The lowest BCUT2D eigenvalue weighted by atomic mass is 10.2. The van der Waals surface area contributed by atoms with Crippen molar-refractivity contribution in [1.29, 1.82) is 0 Å². The molecule has 5 heteroatoms. The molecule has 0 unspecified atom stereocenters. The van der Waals surface area contributed by atoms with Crippen LogP contribution in [0.15, 0.2) is 17.0 Å². The lowest BCUT2D eigenvalue weighted by Gasteiger charge is -2.20. The molecule has 0 bridgehead atoms. The third-order valence-corrected chi connectivity index (χ3v) is 3.25. The Labute approximate surface area is 88.7 Å². The highest BCUT2D eigenvalue weighted by atomic mass is 32.2. The van der Waals surface area contributed by atoms with Crippen LogP contribution >= 0.6 is 0 Å². The van der Waals surface area contributed by atoms with Crippen LogP contribution in [-0.4, -0.2) is 27.9 Å². The Morgan fingerprint density at radius 1 is 1.20 bits per heavy atom. The van der Waals surface area contributed by atoms with Gasteiger partial charge >= 0.3 is 0 Å². The maximum Gasteiger partial charge on any atom is 0.179 e. The van der Waals surface area contributed by atoms with E-state index < -0.39 is 9.84 Å². The second kappa shape index (κ2) is 3.41. The molecule has 0 N–H and O–H groups in total. The Balaban J connectivity index is 2.68. The fourth-order valence-electron chi connectivity index (χ4n) is 1.53. The van der Waals surface area contributed by atoms with Crippen molar-refractivity contribution < 1.29 is 17.9 Å². The number of hydrogen-bond acceptors (Lipinski definition) is 4. The van der Waals surface area contributed by atoms with E-state index >= 15 is 0 Å². The van der Waals surface area contributed by atoms with Gasteiger partial charge in [0.25, 0.3) is 0 Å². The summed E-state index contributed by atoms with van der Waals surface area (Å²) in [6.45, 7) is 2.67. The molecule has 15 heavy (non-hydrogen) atoms. The molecule has 0 atom stereocenters. The summed E-state index contributed by atoms with van der Waals surface area (Å²) in [5.41, 5.74) is 0.847. The van der Waals surface area contributed by atoms with Crippen molar-refractivity contribution in [2.24, 2.45) is 0 Å². The van der Waals surface area contributed by atoms with E-state index in [0.29, 0.717) is 24.7 Å². The lowest BCUT2D eigenvalue weighted by Crippen LogP contribution is -2.17. The van der Waals surface area contributed by atoms with Crippen molar-refractivity contribution in [3.63, 3.8) is 0 Å². The molecule has 1 aliphatic rings. The molecule has 0 saturated heterocycles. The number of hydrogen-bond donors (Lipinski definition) is 0. The van der Waals surface area contributed by atoms with Crippen molar-refractivity contribution >= 4 is 9.84 Å². The SMILES string of the molecule is Cc1cc2c(c(S(C)(=O)=O)c1)OCCO2. The number of benzene rings is 1. The minimum atomic E-state index is -3.27. The van der Waals surface area contributed by atoms with Gasteiger partial charge in [0.2, 0.25) is 0 Å². The Morgan fingerprint density at radius 2 is 1.87 bits per heavy atom. The van der Waals surface area contributed by atoms with Gasteiger partial charge in [0.15, 0.2) is 21.3 Å². The van der Waals surface area contributed by atoms with E-state index in [4.69, 9.17) is 9.47 Å². The van der Waals surface area contributed by atoms with E-state index in [2.05, 4.69) is 0 Å². The summed E-state index contributed by atoms with van der Waals surface area (Å²) in [7, 11) is -3.27. The maximum absolute atomic E-state index is 11.5. The van der Waals surface area contributed by atoms with E-state index in [-0.39, 0.29) is 4.90 Å². The van der Waals surface area contributed by atoms with Crippen LogP contribution in [0.1, 0.15) is 5.56 Å². The molecule has 0 aromatic heterocycles. The third-order valence-electron chi connectivity index (χ3n) is 2.15. The minimum absolute atomic E-state index is 0.206. The summed E-state index contributed by atoms with van der Waals surface area (Å²) in [5.74, 6) is 0.857. The van der Waals surface area contributed by atoms with Gasteiger partial charge < -0.3 is 9.47 Å². The van der Waals surface area contributed by atoms with Crippen LogP contribution in [0, 0.1) is 6.92 Å². The molecule has 0 aliphatic carbocycles. The second-order valence-electron chi connectivity index (χ2n) is 3.56. The lowest BCUT2D eigenvalue weighted by molar-refractivity contribution is 0.167.